The molecule has 3 rings (SSSR count). The minimum absolute atomic E-state index is 0.325. The van der Waals surface area contributed by atoms with E-state index in [4.69, 9.17) is 33.0 Å². The molecule has 0 aliphatic heterocycles. The summed E-state index contributed by atoms with van der Waals surface area (Å²) in [6.07, 6.45) is 2.40. The molecular formula is C25H22ClNO4S2. The van der Waals surface area contributed by atoms with E-state index >= 15 is 0 Å². The van der Waals surface area contributed by atoms with E-state index in [2.05, 4.69) is 0 Å². The molecular weight excluding hydrogens is 478 g/mol. The Hall–Kier alpha value is -2.87. The van der Waals surface area contributed by atoms with Crippen molar-refractivity contribution >= 4 is 58.2 Å². The third-order valence-corrected chi connectivity index (χ3v) is 6.27. The lowest BCUT2D eigenvalue weighted by atomic mass is 10.1. The summed E-state index contributed by atoms with van der Waals surface area (Å²) in [6.45, 7) is 2.66. The number of allylic oxidation sites excluding steroid dienone is 1. The fraction of sp³-hybridized carbons (Fsp3) is 0.160. The SMILES string of the molecule is CCOC(=O)c1ccc(-c2ccc(/C=C(\C=O)SC(=S)N(C)Cc3cccc(Cl)c3)o2)cc1. The number of furan rings is 1. The highest BCUT2D eigenvalue weighted by Crippen LogP contribution is 2.27. The van der Waals surface area contributed by atoms with Gasteiger partial charge in [0, 0.05) is 24.2 Å². The molecule has 0 atom stereocenters. The van der Waals surface area contributed by atoms with Gasteiger partial charge in [0.1, 0.15) is 15.8 Å². The first-order valence-corrected chi connectivity index (χ1v) is 11.7. The molecule has 0 amide bonds. The Kier molecular flexibility index (Phi) is 8.88. The molecule has 3 aromatic rings. The number of nitrogens with zero attached hydrogens (tertiary/aromatic N) is 1. The van der Waals surface area contributed by atoms with Crippen molar-refractivity contribution in [3.05, 3.63) is 87.5 Å². The van der Waals surface area contributed by atoms with E-state index in [-0.39, 0.29) is 5.97 Å². The van der Waals surface area contributed by atoms with Crippen LogP contribution in [0.25, 0.3) is 17.4 Å². The summed E-state index contributed by atoms with van der Waals surface area (Å²) in [5.41, 5.74) is 2.30. The van der Waals surface area contributed by atoms with Crippen LogP contribution >= 0.6 is 35.6 Å². The van der Waals surface area contributed by atoms with Crippen molar-refractivity contribution in [1.82, 2.24) is 4.90 Å². The maximum absolute atomic E-state index is 11.8. The molecule has 0 radical (unpaired) electrons. The lowest BCUT2D eigenvalue weighted by molar-refractivity contribution is -0.104. The fourth-order valence-electron chi connectivity index (χ4n) is 2.95. The third-order valence-electron chi connectivity index (χ3n) is 4.53. The topological polar surface area (TPSA) is 59.8 Å². The van der Waals surface area contributed by atoms with Gasteiger partial charge < -0.3 is 14.1 Å². The van der Waals surface area contributed by atoms with Gasteiger partial charge in [0.05, 0.1) is 17.1 Å². The monoisotopic (exact) mass is 499 g/mol. The van der Waals surface area contributed by atoms with Gasteiger partial charge in [-0.25, -0.2) is 4.79 Å². The smallest absolute Gasteiger partial charge is 0.338 e. The van der Waals surface area contributed by atoms with E-state index in [1.807, 2.05) is 42.3 Å². The van der Waals surface area contributed by atoms with Gasteiger partial charge in [-0.3, -0.25) is 4.79 Å². The Morgan fingerprint density at radius 1 is 1.18 bits per heavy atom. The molecule has 0 saturated heterocycles. The van der Waals surface area contributed by atoms with E-state index < -0.39 is 0 Å². The van der Waals surface area contributed by atoms with Crippen LogP contribution in [-0.4, -0.2) is 35.1 Å². The van der Waals surface area contributed by atoms with Gasteiger partial charge in [0.2, 0.25) is 0 Å². The van der Waals surface area contributed by atoms with Crippen LogP contribution in [-0.2, 0) is 16.1 Å². The number of hydrogen-bond acceptors (Lipinski definition) is 6. The minimum atomic E-state index is -0.365. The molecule has 0 spiro atoms. The number of hydrogen-bond donors (Lipinski definition) is 0. The predicted octanol–water partition coefficient (Wildman–Crippen LogP) is 6.47. The average molecular weight is 500 g/mol. The molecule has 5 nitrogen and oxygen atoms in total. The lowest BCUT2D eigenvalue weighted by Gasteiger charge is -2.19. The molecule has 0 unspecified atom stereocenters. The van der Waals surface area contributed by atoms with Crippen molar-refractivity contribution in [1.29, 1.82) is 0 Å². The Bertz CT molecular complexity index is 1170. The van der Waals surface area contributed by atoms with Crippen LogP contribution in [0.15, 0.2) is 70.0 Å². The molecule has 0 aliphatic carbocycles. The first-order chi connectivity index (χ1) is 15.9. The van der Waals surface area contributed by atoms with E-state index in [1.54, 1.807) is 43.3 Å². The number of esters is 1. The van der Waals surface area contributed by atoms with E-state index in [1.165, 1.54) is 11.8 Å². The van der Waals surface area contributed by atoms with Crippen molar-refractivity contribution < 1.29 is 18.7 Å². The second kappa shape index (κ2) is 11.8. The van der Waals surface area contributed by atoms with Gasteiger partial charge in [-0.15, -0.1) is 0 Å². The first-order valence-electron chi connectivity index (χ1n) is 10.1. The number of rotatable bonds is 8. The van der Waals surface area contributed by atoms with E-state index in [9.17, 15) is 9.59 Å². The molecule has 2 aromatic carbocycles. The Morgan fingerprint density at radius 3 is 2.61 bits per heavy atom. The molecule has 0 N–H and O–H groups in total. The van der Waals surface area contributed by atoms with Gasteiger partial charge in [-0.2, -0.15) is 0 Å². The fourth-order valence-corrected chi connectivity index (χ4v) is 4.16. The summed E-state index contributed by atoms with van der Waals surface area (Å²) in [7, 11) is 1.86. The Morgan fingerprint density at radius 2 is 1.94 bits per heavy atom. The predicted molar refractivity (Wildman–Crippen MR) is 137 cm³/mol. The van der Waals surface area contributed by atoms with Gasteiger partial charge in [-0.1, -0.05) is 59.8 Å². The van der Waals surface area contributed by atoms with Crippen LogP contribution in [0.5, 0.6) is 0 Å². The number of carbonyl (C=O) groups is 2. The Balaban J connectivity index is 1.66. The Labute approximate surface area is 207 Å². The van der Waals surface area contributed by atoms with Crippen molar-refractivity contribution in [2.75, 3.05) is 13.7 Å². The normalized spacial score (nSPS) is 11.2. The summed E-state index contributed by atoms with van der Waals surface area (Å²) in [5, 5.41) is 0.664. The number of aldehydes is 1. The average Bonchev–Trinajstić information content (AvgIpc) is 3.27. The number of ether oxygens (including phenoxy) is 1. The number of carbonyl (C=O) groups excluding carboxylic acids is 2. The largest absolute Gasteiger partial charge is 0.462 e. The maximum atomic E-state index is 11.8. The van der Waals surface area contributed by atoms with Crippen LogP contribution in [0.2, 0.25) is 5.02 Å². The highest BCUT2D eigenvalue weighted by molar-refractivity contribution is 8.26. The summed E-state index contributed by atoms with van der Waals surface area (Å²) in [6, 6.07) is 18.1. The van der Waals surface area contributed by atoms with E-state index in [0.717, 1.165) is 17.4 Å². The van der Waals surface area contributed by atoms with Crippen LogP contribution in [0.1, 0.15) is 28.6 Å². The van der Waals surface area contributed by atoms with Gasteiger partial charge in [0.15, 0.2) is 6.29 Å². The van der Waals surface area contributed by atoms with Crippen LogP contribution in [0.3, 0.4) is 0 Å². The number of halogens is 1. The molecule has 1 aromatic heterocycles. The first kappa shape index (κ1) is 24.8. The van der Waals surface area contributed by atoms with Gasteiger partial charge >= 0.3 is 5.97 Å². The second-order valence-corrected chi connectivity index (χ2v) is 9.16. The molecule has 170 valence electrons. The number of thioether (sulfide) groups is 1. The highest BCUT2D eigenvalue weighted by Gasteiger charge is 2.12. The summed E-state index contributed by atoms with van der Waals surface area (Å²) >= 11 is 12.7. The van der Waals surface area contributed by atoms with Gasteiger partial charge in [-0.05, 0) is 55.0 Å². The lowest BCUT2D eigenvalue weighted by Crippen LogP contribution is -2.22. The summed E-state index contributed by atoms with van der Waals surface area (Å²) in [4.78, 5) is 25.7. The van der Waals surface area contributed by atoms with Crippen LogP contribution < -0.4 is 0 Å². The minimum Gasteiger partial charge on any atom is -0.462 e. The molecule has 33 heavy (non-hydrogen) atoms. The standard InChI is InChI=1S/C25H22ClNO4S2/c1-3-30-24(29)19-9-7-18(8-10-19)23-12-11-21(31-23)14-22(16-28)33-25(32)27(2)15-17-5-4-6-20(26)13-17/h4-14,16H,3,15H2,1-2H3/b22-14+. The van der Waals surface area contributed by atoms with Crippen molar-refractivity contribution in [3.8, 4) is 11.3 Å². The maximum Gasteiger partial charge on any atom is 0.338 e. The zero-order valence-electron chi connectivity index (χ0n) is 18.1. The number of benzene rings is 2. The summed E-state index contributed by atoms with van der Waals surface area (Å²) < 4.78 is 11.4. The molecule has 0 saturated carbocycles. The van der Waals surface area contributed by atoms with Crippen molar-refractivity contribution in [2.45, 2.75) is 13.5 Å². The summed E-state index contributed by atoms with van der Waals surface area (Å²) in [5.74, 6) is 0.776. The van der Waals surface area contributed by atoms with E-state index in [0.29, 0.717) is 44.5 Å². The van der Waals surface area contributed by atoms with Crippen LogP contribution in [0.4, 0.5) is 0 Å². The molecule has 0 bridgehead atoms. The third kappa shape index (κ3) is 7.05. The second-order valence-electron chi connectivity index (χ2n) is 7.02. The molecule has 1 heterocycles. The zero-order valence-corrected chi connectivity index (χ0v) is 20.5. The van der Waals surface area contributed by atoms with Crippen LogP contribution in [0, 0.1) is 0 Å². The molecule has 0 aliphatic rings. The number of thiocarbonyl (C=S) groups is 1. The van der Waals surface area contributed by atoms with Crippen molar-refractivity contribution in [3.63, 3.8) is 0 Å². The highest BCUT2D eigenvalue weighted by atomic mass is 35.5. The quantitative estimate of drug-likeness (QED) is 0.152. The van der Waals surface area contributed by atoms with Gasteiger partial charge in [0.25, 0.3) is 0 Å². The molecule has 8 heteroatoms. The zero-order chi connectivity index (χ0) is 23.8. The molecule has 0 fully saturated rings. The van der Waals surface area contributed by atoms with Crippen molar-refractivity contribution in [2.24, 2.45) is 0 Å².